The fraction of sp³-hybridized carbons (Fsp3) is 0.333. The number of nitrogens with one attached hydrogen (secondary N) is 1. The molecule has 0 radical (unpaired) electrons. The van der Waals surface area contributed by atoms with Crippen LogP contribution in [0.15, 0.2) is 28.2 Å². The molecule has 2 aromatic rings. The Hall–Kier alpha value is -1.67. The van der Waals surface area contributed by atoms with Crippen LogP contribution in [-0.4, -0.2) is 23.2 Å². The van der Waals surface area contributed by atoms with Gasteiger partial charge in [-0.25, -0.2) is 22.7 Å². The maximum Gasteiger partial charge on any atom is 0.344 e. The van der Waals surface area contributed by atoms with Gasteiger partial charge in [0.2, 0.25) is 9.84 Å². The van der Waals surface area contributed by atoms with Crippen LogP contribution in [0.1, 0.15) is 18.9 Å². The third-order valence-electron chi connectivity index (χ3n) is 2.81. The molecule has 21 heavy (non-hydrogen) atoms. The molecule has 9 heteroatoms. The molecule has 0 unspecified atom stereocenters. The molecule has 1 heterocycles. The molecule has 1 aromatic heterocycles. The van der Waals surface area contributed by atoms with Crippen LogP contribution in [0.5, 0.6) is 0 Å². The summed E-state index contributed by atoms with van der Waals surface area (Å²) in [4.78, 5) is 11.5. The molecule has 1 aromatic carbocycles. The van der Waals surface area contributed by atoms with Crippen LogP contribution in [0, 0.1) is 5.82 Å². The number of aromatic nitrogens is 3. The number of hydrogen-bond donors (Lipinski definition) is 1. The fourth-order valence-corrected chi connectivity index (χ4v) is 3.67. The first-order chi connectivity index (χ1) is 9.85. The predicted molar refractivity (Wildman–Crippen MR) is 75.4 cm³/mol. The summed E-state index contributed by atoms with van der Waals surface area (Å²) in [6, 6.07) is 3.46. The van der Waals surface area contributed by atoms with Gasteiger partial charge >= 0.3 is 5.69 Å². The van der Waals surface area contributed by atoms with Crippen molar-refractivity contribution >= 4 is 21.4 Å². The van der Waals surface area contributed by atoms with Gasteiger partial charge in [-0.05, 0) is 24.1 Å². The van der Waals surface area contributed by atoms with Crippen molar-refractivity contribution in [2.45, 2.75) is 30.8 Å². The molecule has 0 saturated heterocycles. The van der Waals surface area contributed by atoms with Gasteiger partial charge in [-0.3, -0.25) is 4.57 Å². The van der Waals surface area contributed by atoms with Crippen molar-refractivity contribution in [1.82, 2.24) is 14.8 Å². The van der Waals surface area contributed by atoms with Gasteiger partial charge in [-0.2, -0.15) is 0 Å². The normalized spacial score (nSPS) is 11.8. The Bertz CT molecular complexity index is 813. The molecule has 0 saturated carbocycles. The van der Waals surface area contributed by atoms with E-state index < -0.39 is 27.1 Å². The molecule has 0 amide bonds. The van der Waals surface area contributed by atoms with E-state index in [1.54, 1.807) is 0 Å². The minimum atomic E-state index is -3.87. The van der Waals surface area contributed by atoms with E-state index in [1.165, 1.54) is 6.07 Å². The lowest BCUT2D eigenvalue weighted by Gasteiger charge is -2.07. The predicted octanol–water partition coefficient (Wildman–Crippen LogP) is 1.75. The smallest absolute Gasteiger partial charge is 0.266 e. The highest BCUT2D eigenvalue weighted by Gasteiger charge is 2.24. The Labute approximate surface area is 125 Å². The molecule has 0 fully saturated rings. The highest BCUT2D eigenvalue weighted by molar-refractivity contribution is 7.90. The number of H-pyrrole nitrogens is 1. The van der Waals surface area contributed by atoms with E-state index in [-0.39, 0.29) is 22.3 Å². The van der Waals surface area contributed by atoms with Crippen LogP contribution < -0.4 is 5.69 Å². The second-order valence-corrected chi connectivity index (χ2v) is 6.75. The molecule has 0 aliphatic heterocycles. The summed E-state index contributed by atoms with van der Waals surface area (Å²) >= 11 is 5.83. The zero-order valence-electron chi connectivity index (χ0n) is 11.1. The standard InChI is InChI=1S/C12H13ClFN3O3S/c1-2-5-17-11(18)15-16-12(17)21(19,20)7-8-3-4-9(14)6-10(8)13/h3-4,6H,2,5,7H2,1H3,(H,15,18). The van der Waals surface area contributed by atoms with Crippen molar-refractivity contribution in [3.8, 4) is 0 Å². The van der Waals surface area contributed by atoms with E-state index in [9.17, 15) is 17.6 Å². The Morgan fingerprint density at radius 1 is 1.43 bits per heavy atom. The van der Waals surface area contributed by atoms with E-state index in [4.69, 9.17) is 11.6 Å². The first kappa shape index (κ1) is 15.7. The van der Waals surface area contributed by atoms with Gasteiger partial charge < -0.3 is 0 Å². The van der Waals surface area contributed by atoms with Crippen LogP contribution in [-0.2, 0) is 22.1 Å². The maximum atomic E-state index is 13.0. The lowest BCUT2D eigenvalue weighted by Crippen LogP contribution is -2.21. The lowest BCUT2D eigenvalue weighted by atomic mass is 10.2. The summed E-state index contributed by atoms with van der Waals surface area (Å²) in [6.07, 6.45) is 0.583. The Kier molecular flexibility index (Phi) is 4.48. The summed E-state index contributed by atoms with van der Waals surface area (Å²) in [5, 5.41) is 5.37. The first-order valence-corrected chi connectivity index (χ1v) is 8.20. The molecule has 2 rings (SSSR count). The summed E-state index contributed by atoms with van der Waals surface area (Å²) in [5.41, 5.74) is -0.336. The third-order valence-corrected chi connectivity index (χ3v) is 4.72. The Morgan fingerprint density at radius 3 is 2.76 bits per heavy atom. The zero-order valence-corrected chi connectivity index (χ0v) is 12.7. The quantitative estimate of drug-likeness (QED) is 0.903. The van der Waals surface area contributed by atoms with E-state index in [2.05, 4.69) is 10.2 Å². The molecule has 114 valence electrons. The van der Waals surface area contributed by atoms with Gasteiger partial charge in [0.05, 0.1) is 5.75 Å². The SMILES string of the molecule is CCCn1c(S(=O)(=O)Cc2ccc(F)cc2Cl)n[nH]c1=O. The molecular weight excluding hydrogens is 321 g/mol. The molecule has 1 N–H and O–H groups in total. The molecule has 0 aliphatic rings. The molecule has 0 bridgehead atoms. The largest absolute Gasteiger partial charge is 0.344 e. The van der Waals surface area contributed by atoms with E-state index in [1.807, 2.05) is 6.92 Å². The summed E-state index contributed by atoms with van der Waals surface area (Å²) in [6.45, 7) is 2.05. The minimum absolute atomic E-state index is 0.0125. The minimum Gasteiger partial charge on any atom is -0.266 e. The number of benzene rings is 1. The van der Waals surface area contributed by atoms with Crippen molar-refractivity contribution in [3.05, 3.63) is 45.1 Å². The van der Waals surface area contributed by atoms with Gasteiger partial charge in [0.25, 0.3) is 5.16 Å². The van der Waals surface area contributed by atoms with Crippen LogP contribution in [0.4, 0.5) is 4.39 Å². The molecular formula is C12H13ClFN3O3S. The van der Waals surface area contributed by atoms with Crippen LogP contribution in [0.3, 0.4) is 0 Å². The van der Waals surface area contributed by atoms with Crippen molar-refractivity contribution in [2.24, 2.45) is 0 Å². The fourth-order valence-electron chi connectivity index (χ4n) is 1.87. The highest BCUT2D eigenvalue weighted by atomic mass is 35.5. The topological polar surface area (TPSA) is 84.8 Å². The summed E-state index contributed by atoms with van der Waals surface area (Å²) in [5.74, 6) is -1.01. The Morgan fingerprint density at radius 2 is 2.14 bits per heavy atom. The second-order valence-electron chi connectivity index (χ2n) is 4.46. The van der Waals surface area contributed by atoms with E-state index >= 15 is 0 Å². The lowest BCUT2D eigenvalue weighted by molar-refractivity contribution is 0.550. The average Bonchev–Trinajstić information content (AvgIpc) is 2.76. The van der Waals surface area contributed by atoms with Crippen molar-refractivity contribution in [1.29, 1.82) is 0 Å². The highest BCUT2D eigenvalue weighted by Crippen LogP contribution is 2.22. The van der Waals surface area contributed by atoms with E-state index in [0.717, 1.165) is 16.7 Å². The van der Waals surface area contributed by atoms with Gasteiger partial charge in [-0.1, -0.05) is 24.6 Å². The molecule has 6 nitrogen and oxygen atoms in total. The number of sulfone groups is 1. The number of nitrogens with zero attached hydrogens (tertiary/aromatic N) is 2. The third kappa shape index (κ3) is 3.33. The number of hydrogen-bond acceptors (Lipinski definition) is 4. The van der Waals surface area contributed by atoms with E-state index in [0.29, 0.717) is 6.42 Å². The second kappa shape index (κ2) is 5.98. The van der Waals surface area contributed by atoms with Crippen LogP contribution in [0.25, 0.3) is 0 Å². The number of rotatable bonds is 5. The number of aromatic amines is 1. The van der Waals surface area contributed by atoms with Crippen molar-refractivity contribution in [3.63, 3.8) is 0 Å². The maximum absolute atomic E-state index is 13.0. The van der Waals surface area contributed by atoms with Crippen LogP contribution >= 0.6 is 11.6 Å². The van der Waals surface area contributed by atoms with Crippen molar-refractivity contribution in [2.75, 3.05) is 0 Å². The monoisotopic (exact) mass is 333 g/mol. The molecule has 0 spiro atoms. The molecule has 0 aliphatic carbocycles. The van der Waals surface area contributed by atoms with Crippen LogP contribution in [0.2, 0.25) is 5.02 Å². The number of halogens is 2. The van der Waals surface area contributed by atoms with Gasteiger partial charge in [0.15, 0.2) is 0 Å². The molecule has 0 atom stereocenters. The first-order valence-electron chi connectivity index (χ1n) is 6.17. The zero-order chi connectivity index (χ0) is 15.6. The summed E-state index contributed by atoms with van der Waals surface area (Å²) < 4.78 is 38.7. The van der Waals surface area contributed by atoms with Gasteiger partial charge in [0.1, 0.15) is 5.82 Å². The average molecular weight is 334 g/mol. The summed E-state index contributed by atoms with van der Waals surface area (Å²) in [7, 11) is -3.87. The van der Waals surface area contributed by atoms with Gasteiger partial charge in [-0.15, -0.1) is 5.10 Å². The van der Waals surface area contributed by atoms with Crippen molar-refractivity contribution < 1.29 is 12.8 Å². The Balaban J connectivity index is 2.41. The van der Waals surface area contributed by atoms with Gasteiger partial charge in [0, 0.05) is 11.6 Å².